The predicted octanol–water partition coefficient (Wildman–Crippen LogP) is 3.09. The Morgan fingerprint density at radius 3 is 2.68 bits per heavy atom. The Morgan fingerprint density at radius 2 is 1.96 bits per heavy atom. The van der Waals surface area contributed by atoms with E-state index >= 15 is 0 Å². The van der Waals surface area contributed by atoms with Gasteiger partial charge in [0.2, 0.25) is 11.1 Å². The summed E-state index contributed by atoms with van der Waals surface area (Å²) in [7, 11) is 0. The Bertz CT molecular complexity index is 899. The molecule has 1 aromatic carbocycles. The van der Waals surface area contributed by atoms with Gasteiger partial charge < -0.3 is 11.2 Å². The van der Waals surface area contributed by atoms with Crippen LogP contribution in [0.2, 0.25) is 10.2 Å². The van der Waals surface area contributed by atoms with Crippen LogP contribution in [0.3, 0.4) is 0 Å². The number of pyridine rings is 1. The fraction of sp³-hybridized carbons (Fsp3) is 0.0667. The molecule has 0 saturated heterocycles. The molecule has 0 saturated carbocycles. The molecule has 3 aromatic rings. The van der Waals surface area contributed by atoms with E-state index in [9.17, 15) is 4.79 Å². The average Bonchev–Trinajstić information content (AvgIpc) is 2.97. The van der Waals surface area contributed by atoms with Crippen LogP contribution in [0.15, 0.2) is 47.8 Å². The third-order valence-corrected chi connectivity index (χ3v) is 4.63. The zero-order chi connectivity index (χ0) is 17.8. The van der Waals surface area contributed by atoms with Gasteiger partial charge in [-0.2, -0.15) is 0 Å². The maximum Gasteiger partial charge on any atom is 0.234 e. The van der Waals surface area contributed by atoms with E-state index in [1.54, 1.807) is 42.6 Å². The first kappa shape index (κ1) is 17.5. The molecule has 0 fully saturated rings. The summed E-state index contributed by atoms with van der Waals surface area (Å²) in [5, 5.41) is 12.0. The molecule has 0 unspecified atom stereocenters. The molecule has 1 amide bonds. The maximum atomic E-state index is 12.0. The number of nitrogen functional groups attached to an aromatic ring is 1. The number of carbonyl (C=O) groups excluding carboxylic acids is 1. The monoisotopic (exact) mass is 394 g/mol. The standard InChI is InChI=1S/C15H12Cl2N6OS/c16-10-5-3-9(4-6-10)14-21-22-15(23(14)18)25-8-12(24)20-11-2-1-7-19-13(11)17/h1-7H,8,18H2,(H,20,24). The molecule has 10 heteroatoms. The number of carbonyl (C=O) groups is 1. The zero-order valence-electron chi connectivity index (χ0n) is 12.7. The lowest BCUT2D eigenvalue weighted by molar-refractivity contribution is -0.113. The molecule has 2 heterocycles. The van der Waals surface area contributed by atoms with Crippen LogP contribution in [0, 0.1) is 0 Å². The van der Waals surface area contributed by atoms with Crippen molar-refractivity contribution >= 4 is 46.6 Å². The Morgan fingerprint density at radius 1 is 1.20 bits per heavy atom. The fourth-order valence-electron chi connectivity index (χ4n) is 1.97. The van der Waals surface area contributed by atoms with Gasteiger partial charge in [0.25, 0.3) is 0 Å². The summed E-state index contributed by atoms with van der Waals surface area (Å²) in [6, 6.07) is 10.4. The summed E-state index contributed by atoms with van der Waals surface area (Å²) >= 11 is 12.9. The molecule has 0 atom stereocenters. The molecule has 0 radical (unpaired) electrons. The number of amides is 1. The Balaban J connectivity index is 1.65. The Hall–Kier alpha value is -2.29. The molecule has 3 N–H and O–H groups in total. The van der Waals surface area contributed by atoms with Gasteiger partial charge in [0.05, 0.1) is 11.4 Å². The first-order valence-electron chi connectivity index (χ1n) is 7.04. The highest BCUT2D eigenvalue weighted by atomic mass is 35.5. The van der Waals surface area contributed by atoms with Crippen LogP contribution in [-0.4, -0.2) is 31.5 Å². The predicted molar refractivity (Wildman–Crippen MR) is 99.2 cm³/mol. The smallest absolute Gasteiger partial charge is 0.234 e. The summed E-state index contributed by atoms with van der Waals surface area (Å²) in [5.41, 5.74) is 1.23. The third-order valence-electron chi connectivity index (χ3n) is 3.13. The number of hydrogen-bond acceptors (Lipinski definition) is 6. The van der Waals surface area contributed by atoms with Gasteiger partial charge in [-0.1, -0.05) is 35.0 Å². The summed E-state index contributed by atoms with van der Waals surface area (Å²) in [6.07, 6.45) is 1.54. The van der Waals surface area contributed by atoms with Crippen molar-refractivity contribution in [3.05, 3.63) is 52.8 Å². The van der Waals surface area contributed by atoms with E-state index in [2.05, 4.69) is 20.5 Å². The van der Waals surface area contributed by atoms with Crippen LogP contribution in [0.4, 0.5) is 5.69 Å². The van der Waals surface area contributed by atoms with Crippen LogP contribution in [0.5, 0.6) is 0 Å². The van der Waals surface area contributed by atoms with Crippen molar-refractivity contribution in [3.63, 3.8) is 0 Å². The molecular formula is C15H12Cl2N6OS. The average molecular weight is 395 g/mol. The molecular weight excluding hydrogens is 383 g/mol. The van der Waals surface area contributed by atoms with Crippen molar-refractivity contribution in [2.75, 3.05) is 16.9 Å². The van der Waals surface area contributed by atoms with Gasteiger partial charge in [-0.25, -0.2) is 9.66 Å². The van der Waals surface area contributed by atoms with E-state index in [0.717, 1.165) is 17.3 Å². The zero-order valence-corrected chi connectivity index (χ0v) is 15.0. The quantitative estimate of drug-likeness (QED) is 0.391. The van der Waals surface area contributed by atoms with Gasteiger partial charge in [-0.3, -0.25) is 4.79 Å². The number of thioether (sulfide) groups is 1. The summed E-state index contributed by atoms with van der Waals surface area (Å²) < 4.78 is 1.33. The van der Waals surface area contributed by atoms with Gasteiger partial charge in [-0.05, 0) is 36.4 Å². The number of halogens is 2. The Labute approximate surface area is 157 Å². The van der Waals surface area contributed by atoms with Crippen LogP contribution in [0.1, 0.15) is 0 Å². The van der Waals surface area contributed by atoms with Crippen molar-refractivity contribution in [1.82, 2.24) is 19.9 Å². The van der Waals surface area contributed by atoms with Crippen LogP contribution >= 0.6 is 35.0 Å². The van der Waals surface area contributed by atoms with E-state index in [0.29, 0.717) is 21.7 Å². The number of benzene rings is 1. The van der Waals surface area contributed by atoms with E-state index < -0.39 is 0 Å². The first-order valence-corrected chi connectivity index (χ1v) is 8.78. The van der Waals surface area contributed by atoms with Gasteiger partial charge in [0, 0.05) is 16.8 Å². The highest BCUT2D eigenvalue weighted by Crippen LogP contribution is 2.23. The largest absolute Gasteiger partial charge is 0.335 e. The lowest BCUT2D eigenvalue weighted by Crippen LogP contribution is -2.16. The number of hydrogen-bond donors (Lipinski definition) is 2. The number of nitrogens with two attached hydrogens (primary N) is 1. The fourth-order valence-corrected chi connectivity index (χ4v) is 2.92. The third kappa shape index (κ3) is 4.22. The molecule has 0 aliphatic heterocycles. The summed E-state index contributed by atoms with van der Waals surface area (Å²) in [4.78, 5) is 15.9. The summed E-state index contributed by atoms with van der Waals surface area (Å²) in [6.45, 7) is 0. The minimum Gasteiger partial charge on any atom is -0.335 e. The topological polar surface area (TPSA) is 98.7 Å². The van der Waals surface area contributed by atoms with E-state index in [1.165, 1.54) is 4.68 Å². The molecule has 0 aliphatic rings. The lowest BCUT2D eigenvalue weighted by atomic mass is 10.2. The highest BCUT2D eigenvalue weighted by Gasteiger charge is 2.14. The molecule has 3 rings (SSSR count). The summed E-state index contributed by atoms with van der Waals surface area (Å²) in [5.74, 6) is 6.34. The molecule has 0 bridgehead atoms. The number of aromatic nitrogens is 4. The van der Waals surface area contributed by atoms with E-state index in [4.69, 9.17) is 29.0 Å². The molecule has 25 heavy (non-hydrogen) atoms. The second-order valence-corrected chi connectivity index (χ2v) is 6.60. The van der Waals surface area contributed by atoms with Gasteiger partial charge in [0.15, 0.2) is 11.0 Å². The van der Waals surface area contributed by atoms with Gasteiger partial charge >= 0.3 is 0 Å². The van der Waals surface area contributed by atoms with Crippen LogP contribution in [0.25, 0.3) is 11.4 Å². The van der Waals surface area contributed by atoms with Crippen molar-refractivity contribution in [3.8, 4) is 11.4 Å². The van der Waals surface area contributed by atoms with E-state index in [-0.39, 0.29) is 16.8 Å². The SMILES string of the molecule is Nn1c(SCC(=O)Nc2cccnc2Cl)nnc1-c1ccc(Cl)cc1. The van der Waals surface area contributed by atoms with Crippen molar-refractivity contribution < 1.29 is 4.79 Å². The molecule has 2 aromatic heterocycles. The molecule has 0 aliphatic carbocycles. The second-order valence-electron chi connectivity index (χ2n) is 4.86. The van der Waals surface area contributed by atoms with Crippen molar-refractivity contribution in [1.29, 1.82) is 0 Å². The van der Waals surface area contributed by atoms with Gasteiger partial charge in [0.1, 0.15) is 0 Å². The number of nitrogens with zero attached hydrogens (tertiary/aromatic N) is 4. The van der Waals surface area contributed by atoms with Crippen molar-refractivity contribution in [2.45, 2.75) is 5.16 Å². The second kappa shape index (κ2) is 7.73. The van der Waals surface area contributed by atoms with E-state index in [1.807, 2.05) is 0 Å². The van der Waals surface area contributed by atoms with Crippen LogP contribution in [-0.2, 0) is 4.79 Å². The van der Waals surface area contributed by atoms with Gasteiger partial charge in [-0.15, -0.1) is 10.2 Å². The first-order chi connectivity index (χ1) is 12.0. The minimum atomic E-state index is -0.254. The normalized spacial score (nSPS) is 10.6. The molecule has 0 spiro atoms. The minimum absolute atomic E-state index is 0.0984. The number of nitrogens with one attached hydrogen (secondary N) is 1. The lowest BCUT2D eigenvalue weighted by Gasteiger charge is -2.06. The maximum absolute atomic E-state index is 12.0. The number of anilines is 1. The highest BCUT2D eigenvalue weighted by molar-refractivity contribution is 7.99. The van der Waals surface area contributed by atoms with Crippen molar-refractivity contribution in [2.24, 2.45) is 0 Å². The molecule has 7 nitrogen and oxygen atoms in total. The van der Waals surface area contributed by atoms with Crippen LogP contribution < -0.4 is 11.2 Å². The Kier molecular flexibility index (Phi) is 5.42. The molecule has 128 valence electrons. The number of rotatable bonds is 5.